The largest absolute Gasteiger partial charge is 0.462 e. The highest BCUT2D eigenvalue weighted by Gasteiger charge is 2.58. The Morgan fingerprint density at radius 2 is 1.86 bits per heavy atom. The number of cyclic esters (lactones) is 1. The molecular formula is C7H7F5O2. The summed E-state index contributed by atoms with van der Waals surface area (Å²) in [5.74, 6) is -5.52. The van der Waals surface area contributed by atoms with Crippen LogP contribution >= 0.6 is 0 Å². The summed E-state index contributed by atoms with van der Waals surface area (Å²) in [6.07, 6.45) is -8.56. The molecule has 7 heteroatoms. The van der Waals surface area contributed by atoms with Crippen molar-refractivity contribution in [3.05, 3.63) is 0 Å². The molecule has 0 radical (unpaired) electrons. The van der Waals surface area contributed by atoms with Crippen molar-refractivity contribution in [3.8, 4) is 0 Å². The quantitative estimate of drug-likeness (QED) is 0.525. The third-order valence-electron chi connectivity index (χ3n) is 1.87. The van der Waals surface area contributed by atoms with Crippen molar-refractivity contribution in [2.45, 2.75) is 37.5 Å². The lowest BCUT2D eigenvalue weighted by Gasteiger charge is -2.21. The summed E-state index contributed by atoms with van der Waals surface area (Å²) < 4.78 is 64.1. The van der Waals surface area contributed by atoms with Crippen LogP contribution in [0.5, 0.6) is 0 Å². The summed E-state index contributed by atoms with van der Waals surface area (Å²) in [6.45, 7) is 0. The molecule has 0 N–H and O–H groups in total. The second kappa shape index (κ2) is 3.36. The maximum atomic E-state index is 12.4. The molecule has 1 fully saturated rings. The SMILES string of the molecule is O=C1CCC(CC(F)(F)C(F)(F)F)O1. The number of hydrogen-bond donors (Lipinski definition) is 0. The average molecular weight is 218 g/mol. The summed E-state index contributed by atoms with van der Waals surface area (Å²) in [5, 5.41) is 0. The fourth-order valence-corrected chi connectivity index (χ4v) is 1.13. The van der Waals surface area contributed by atoms with E-state index < -0.39 is 30.6 Å². The Balaban J connectivity index is 2.55. The van der Waals surface area contributed by atoms with Gasteiger partial charge in [0.05, 0.1) is 6.42 Å². The van der Waals surface area contributed by atoms with Crippen LogP contribution in [0.2, 0.25) is 0 Å². The fraction of sp³-hybridized carbons (Fsp3) is 0.857. The van der Waals surface area contributed by atoms with Crippen molar-refractivity contribution in [3.63, 3.8) is 0 Å². The van der Waals surface area contributed by atoms with Crippen molar-refractivity contribution in [1.29, 1.82) is 0 Å². The van der Waals surface area contributed by atoms with Crippen molar-refractivity contribution < 1.29 is 31.5 Å². The molecule has 0 aromatic heterocycles. The Labute approximate surface area is 76.0 Å². The van der Waals surface area contributed by atoms with Gasteiger partial charge >= 0.3 is 18.1 Å². The van der Waals surface area contributed by atoms with Gasteiger partial charge in [0.1, 0.15) is 6.10 Å². The molecule has 1 aliphatic rings. The van der Waals surface area contributed by atoms with Crippen molar-refractivity contribution >= 4 is 5.97 Å². The first-order valence-electron chi connectivity index (χ1n) is 3.86. The third kappa shape index (κ3) is 2.33. The Kier molecular flexibility index (Phi) is 2.69. The molecule has 1 aliphatic heterocycles. The Bertz CT molecular complexity index is 235. The van der Waals surface area contributed by atoms with E-state index in [1.165, 1.54) is 0 Å². The molecule has 14 heavy (non-hydrogen) atoms. The van der Waals surface area contributed by atoms with Crippen LogP contribution in [-0.2, 0) is 9.53 Å². The van der Waals surface area contributed by atoms with Gasteiger partial charge in [0, 0.05) is 6.42 Å². The predicted molar refractivity (Wildman–Crippen MR) is 34.7 cm³/mol. The van der Waals surface area contributed by atoms with E-state index in [4.69, 9.17) is 0 Å². The summed E-state index contributed by atoms with van der Waals surface area (Å²) in [7, 11) is 0. The molecule has 0 amide bonds. The van der Waals surface area contributed by atoms with Gasteiger partial charge in [0.25, 0.3) is 0 Å². The monoisotopic (exact) mass is 218 g/mol. The Hall–Kier alpha value is -0.880. The van der Waals surface area contributed by atoms with Gasteiger partial charge in [-0.2, -0.15) is 22.0 Å². The molecule has 0 aromatic carbocycles. The van der Waals surface area contributed by atoms with Gasteiger partial charge < -0.3 is 4.74 Å². The lowest BCUT2D eigenvalue weighted by atomic mass is 10.1. The molecule has 1 atom stereocenters. The fourth-order valence-electron chi connectivity index (χ4n) is 1.13. The normalized spacial score (nSPS) is 23.8. The lowest BCUT2D eigenvalue weighted by Crippen LogP contribution is -2.39. The van der Waals surface area contributed by atoms with Crippen molar-refractivity contribution in [2.75, 3.05) is 0 Å². The first-order chi connectivity index (χ1) is 6.22. The maximum Gasteiger partial charge on any atom is 0.453 e. The summed E-state index contributed by atoms with van der Waals surface area (Å²) in [5.41, 5.74) is 0. The average Bonchev–Trinajstić information content (AvgIpc) is 2.31. The standard InChI is InChI=1S/C7H7F5O2/c8-6(9,7(10,11)12)3-4-1-2-5(13)14-4/h4H,1-3H2. The van der Waals surface area contributed by atoms with E-state index in [1.807, 2.05) is 0 Å². The van der Waals surface area contributed by atoms with Crippen LogP contribution in [0.15, 0.2) is 0 Å². The first-order valence-corrected chi connectivity index (χ1v) is 3.86. The maximum absolute atomic E-state index is 12.4. The number of carbonyl (C=O) groups is 1. The number of esters is 1. The van der Waals surface area contributed by atoms with Gasteiger partial charge in [-0.05, 0) is 6.42 Å². The lowest BCUT2D eigenvalue weighted by molar-refractivity contribution is -0.289. The topological polar surface area (TPSA) is 26.3 Å². The summed E-state index contributed by atoms with van der Waals surface area (Å²) in [6, 6.07) is 0. The van der Waals surface area contributed by atoms with Crippen LogP contribution in [0.25, 0.3) is 0 Å². The van der Waals surface area contributed by atoms with E-state index in [9.17, 15) is 26.7 Å². The minimum absolute atomic E-state index is 0.0789. The molecule has 1 rings (SSSR count). The Morgan fingerprint density at radius 3 is 2.21 bits per heavy atom. The van der Waals surface area contributed by atoms with Crippen LogP contribution in [0.4, 0.5) is 22.0 Å². The number of hydrogen-bond acceptors (Lipinski definition) is 2. The van der Waals surface area contributed by atoms with E-state index in [1.54, 1.807) is 0 Å². The van der Waals surface area contributed by atoms with Crippen molar-refractivity contribution in [2.24, 2.45) is 0 Å². The van der Waals surface area contributed by atoms with Crippen LogP contribution in [-0.4, -0.2) is 24.2 Å². The minimum Gasteiger partial charge on any atom is -0.462 e. The molecule has 0 bridgehead atoms. The van der Waals surface area contributed by atoms with Gasteiger partial charge in [0.15, 0.2) is 0 Å². The molecule has 1 saturated heterocycles. The van der Waals surface area contributed by atoms with Gasteiger partial charge in [-0.25, -0.2) is 0 Å². The highest BCUT2D eigenvalue weighted by atomic mass is 19.4. The highest BCUT2D eigenvalue weighted by Crippen LogP contribution is 2.40. The number of alkyl halides is 5. The predicted octanol–water partition coefficient (Wildman–Crippen LogP) is 2.28. The molecular weight excluding hydrogens is 211 g/mol. The van der Waals surface area contributed by atoms with E-state index in [-0.39, 0.29) is 12.8 Å². The van der Waals surface area contributed by atoms with E-state index in [0.717, 1.165) is 0 Å². The zero-order chi connectivity index (χ0) is 11.0. The van der Waals surface area contributed by atoms with Crippen LogP contribution in [0.1, 0.15) is 19.3 Å². The molecule has 0 spiro atoms. The molecule has 0 aliphatic carbocycles. The zero-order valence-electron chi connectivity index (χ0n) is 6.90. The zero-order valence-corrected chi connectivity index (χ0v) is 6.90. The molecule has 0 aromatic rings. The second-order valence-electron chi connectivity index (χ2n) is 3.06. The van der Waals surface area contributed by atoms with Gasteiger partial charge in [0.2, 0.25) is 0 Å². The van der Waals surface area contributed by atoms with Crippen LogP contribution in [0, 0.1) is 0 Å². The molecule has 1 heterocycles. The summed E-state index contributed by atoms with van der Waals surface area (Å²) >= 11 is 0. The Morgan fingerprint density at radius 1 is 1.29 bits per heavy atom. The smallest absolute Gasteiger partial charge is 0.453 e. The van der Waals surface area contributed by atoms with Crippen molar-refractivity contribution in [1.82, 2.24) is 0 Å². The molecule has 2 nitrogen and oxygen atoms in total. The van der Waals surface area contributed by atoms with Crippen LogP contribution < -0.4 is 0 Å². The van der Waals surface area contributed by atoms with Gasteiger partial charge in [-0.3, -0.25) is 4.79 Å². The van der Waals surface area contributed by atoms with Crippen LogP contribution in [0.3, 0.4) is 0 Å². The highest BCUT2D eigenvalue weighted by molar-refractivity contribution is 5.71. The number of ether oxygens (including phenoxy) is 1. The number of rotatable bonds is 2. The van der Waals surface area contributed by atoms with E-state index in [0.29, 0.717) is 0 Å². The second-order valence-corrected chi connectivity index (χ2v) is 3.06. The minimum atomic E-state index is -5.58. The number of halogens is 5. The van der Waals surface area contributed by atoms with Gasteiger partial charge in [-0.1, -0.05) is 0 Å². The van der Waals surface area contributed by atoms with Gasteiger partial charge in [-0.15, -0.1) is 0 Å². The molecule has 82 valence electrons. The first kappa shape index (κ1) is 11.2. The molecule has 1 unspecified atom stereocenters. The third-order valence-corrected chi connectivity index (χ3v) is 1.87. The van der Waals surface area contributed by atoms with E-state index >= 15 is 0 Å². The van der Waals surface area contributed by atoms with E-state index in [2.05, 4.69) is 4.74 Å². The summed E-state index contributed by atoms with van der Waals surface area (Å²) in [4.78, 5) is 10.4. The molecule has 0 saturated carbocycles. The number of carbonyl (C=O) groups excluding carboxylic acids is 1.